The zero-order valence-electron chi connectivity index (χ0n) is 17.9. The Morgan fingerprint density at radius 2 is 1.59 bits per heavy atom. The maximum absolute atomic E-state index is 13.4. The van der Waals surface area contributed by atoms with Gasteiger partial charge in [-0.25, -0.2) is 0 Å². The minimum Gasteiger partial charge on any atom is -0.490 e. The van der Waals surface area contributed by atoms with Crippen LogP contribution in [0.3, 0.4) is 0 Å². The van der Waals surface area contributed by atoms with Gasteiger partial charge in [0, 0.05) is 5.56 Å². The Morgan fingerprint density at radius 3 is 2.25 bits per heavy atom. The molecule has 4 rings (SSSR count). The van der Waals surface area contributed by atoms with Crippen LogP contribution in [0.2, 0.25) is 0 Å². The molecule has 0 atom stereocenters. The summed E-state index contributed by atoms with van der Waals surface area (Å²) in [6.45, 7) is 4.88. The average molecular weight is 491 g/mol. The monoisotopic (exact) mass is 490 g/mol. The minimum absolute atomic E-state index is 0.182. The lowest BCUT2D eigenvalue weighted by Crippen LogP contribution is -2.21. The van der Waals surface area contributed by atoms with Gasteiger partial charge in [0.15, 0.2) is 11.5 Å². The van der Waals surface area contributed by atoms with Crippen molar-refractivity contribution in [3.63, 3.8) is 0 Å². The predicted molar refractivity (Wildman–Crippen MR) is 131 cm³/mol. The van der Waals surface area contributed by atoms with E-state index in [1.54, 1.807) is 0 Å². The summed E-state index contributed by atoms with van der Waals surface area (Å²) in [4.78, 5) is 13.4. The second kappa shape index (κ2) is 9.83. The highest BCUT2D eigenvalue weighted by molar-refractivity contribution is 9.10. The number of rotatable bonds is 7. The van der Waals surface area contributed by atoms with E-state index in [0.717, 1.165) is 21.3 Å². The third-order valence-corrected chi connectivity index (χ3v) is 5.45. The van der Waals surface area contributed by atoms with E-state index in [-0.39, 0.29) is 5.91 Å². The number of nitrogens with zero attached hydrogens (tertiary/aromatic N) is 2. The molecule has 1 heterocycles. The fraction of sp³-hybridized carbons (Fsp3) is 0.154. The van der Waals surface area contributed by atoms with Gasteiger partial charge in [-0.15, -0.1) is 0 Å². The molecule has 0 N–H and O–H groups in total. The summed E-state index contributed by atoms with van der Waals surface area (Å²) in [5.41, 5.74) is 3.55. The van der Waals surface area contributed by atoms with Crippen molar-refractivity contribution in [2.24, 2.45) is 5.10 Å². The quantitative estimate of drug-likeness (QED) is 0.377. The molecule has 3 aromatic rings. The van der Waals surface area contributed by atoms with E-state index in [0.29, 0.717) is 36.0 Å². The van der Waals surface area contributed by atoms with Crippen LogP contribution in [0.4, 0.5) is 5.69 Å². The Morgan fingerprint density at radius 1 is 0.938 bits per heavy atom. The summed E-state index contributed by atoms with van der Waals surface area (Å²) >= 11 is 3.58. The van der Waals surface area contributed by atoms with Crippen molar-refractivity contribution in [3.05, 3.63) is 94.0 Å². The van der Waals surface area contributed by atoms with Gasteiger partial charge in [0.2, 0.25) is 0 Å². The molecule has 0 fully saturated rings. The smallest absolute Gasteiger partial charge is 0.281 e. The first-order chi connectivity index (χ1) is 15.6. The van der Waals surface area contributed by atoms with E-state index >= 15 is 0 Å². The molecule has 3 aromatic carbocycles. The third-order valence-electron chi connectivity index (χ3n) is 4.86. The van der Waals surface area contributed by atoms with E-state index in [1.165, 1.54) is 5.01 Å². The molecule has 0 bridgehead atoms. The van der Waals surface area contributed by atoms with Gasteiger partial charge in [0.25, 0.3) is 5.91 Å². The molecule has 0 saturated heterocycles. The van der Waals surface area contributed by atoms with Gasteiger partial charge in [-0.1, -0.05) is 48.5 Å². The van der Waals surface area contributed by atoms with Crippen molar-refractivity contribution < 1.29 is 14.3 Å². The van der Waals surface area contributed by atoms with Gasteiger partial charge >= 0.3 is 0 Å². The SMILES string of the molecule is CCOc1cc(/C=C2\C(=O)N(c3ccccc3)N=C2c2ccccc2)cc(Br)c1OCC. The van der Waals surface area contributed by atoms with E-state index in [1.807, 2.05) is 92.7 Å². The Hall–Kier alpha value is -3.38. The highest BCUT2D eigenvalue weighted by atomic mass is 79.9. The molecular formula is C26H23BrN2O3. The number of carbonyl (C=O) groups excluding carboxylic acids is 1. The largest absolute Gasteiger partial charge is 0.490 e. The predicted octanol–water partition coefficient (Wildman–Crippen LogP) is 6.08. The molecule has 0 saturated carbocycles. The summed E-state index contributed by atoms with van der Waals surface area (Å²) in [6.07, 6.45) is 1.85. The zero-order valence-corrected chi connectivity index (χ0v) is 19.5. The van der Waals surface area contributed by atoms with E-state index < -0.39 is 0 Å². The lowest BCUT2D eigenvalue weighted by molar-refractivity contribution is -0.114. The van der Waals surface area contributed by atoms with Gasteiger partial charge in [0.1, 0.15) is 5.71 Å². The summed E-state index contributed by atoms with van der Waals surface area (Å²) in [6, 6.07) is 22.9. The average Bonchev–Trinajstić information content (AvgIpc) is 3.13. The lowest BCUT2D eigenvalue weighted by Gasteiger charge is -2.14. The van der Waals surface area contributed by atoms with Crippen molar-refractivity contribution in [3.8, 4) is 11.5 Å². The second-order valence-electron chi connectivity index (χ2n) is 7.02. The number of benzene rings is 3. The van der Waals surface area contributed by atoms with E-state index in [2.05, 4.69) is 21.0 Å². The maximum atomic E-state index is 13.4. The standard InChI is InChI=1S/C26H23BrN2O3/c1-3-31-23-17-18(16-22(27)25(23)32-4-2)15-21-24(19-11-7-5-8-12-19)28-29(26(21)30)20-13-9-6-10-14-20/h5-17H,3-4H2,1-2H3/b21-15-. The van der Waals surface area contributed by atoms with Crippen LogP contribution in [0.5, 0.6) is 11.5 Å². The van der Waals surface area contributed by atoms with Crippen LogP contribution in [0, 0.1) is 0 Å². The molecule has 5 nitrogen and oxygen atoms in total. The van der Waals surface area contributed by atoms with Gasteiger partial charge < -0.3 is 9.47 Å². The summed E-state index contributed by atoms with van der Waals surface area (Å²) in [5, 5.41) is 6.13. The van der Waals surface area contributed by atoms with Crippen LogP contribution in [-0.4, -0.2) is 24.8 Å². The van der Waals surface area contributed by atoms with Crippen molar-refractivity contribution in [1.29, 1.82) is 0 Å². The molecule has 162 valence electrons. The molecule has 0 aliphatic carbocycles. The highest BCUT2D eigenvalue weighted by Crippen LogP contribution is 2.38. The number of anilines is 1. The second-order valence-corrected chi connectivity index (χ2v) is 7.88. The number of hydrazone groups is 1. The Kier molecular flexibility index (Phi) is 6.71. The van der Waals surface area contributed by atoms with E-state index in [9.17, 15) is 4.79 Å². The molecule has 0 spiro atoms. The normalized spacial score (nSPS) is 14.6. The first-order valence-corrected chi connectivity index (χ1v) is 11.3. The van der Waals surface area contributed by atoms with Gasteiger partial charge in [0.05, 0.1) is 28.9 Å². The lowest BCUT2D eigenvalue weighted by atomic mass is 10.00. The number of hydrogen-bond acceptors (Lipinski definition) is 4. The van der Waals surface area contributed by atoms with Crippen LogP contribution in [-0.2, 0) is 4.79 Å². The minimum atomic E-state index is -0.182. The van der Waals surface area contributed by atoms with Crippen molar-refractivity contribution >= 4 is 39.3 Å². The highest BCUT2D eigenvalue weighted by Gasteiger charge is 2.32. The van der Waals surface area contributed by atoms with Gasteiger partial charge in [-0.05, 0) is 65.7 Å². The third kappa shape index (κ3) is 4.46. The number of para-hydroxylation sites is 1. The van der Waals surface area contributed by atoms with Crippen molar-refractivity contribution in [2.45, 2.75) is 13.8 Å². The first-order valence-electron chi connectivity index (χ1n) is 10.5. The fourth-order valence-electron chi connectivity index (χ4n) is 3.48. The first kappa shape index (κ1) is 21.8. The Balaban J connectivity index is 1.82. The Labute approximate surface area is 196 Å². The summed E-state index contributed by atoms with van der Waals surface area (Å²) in [7, 11) is 0. The molecule has 32 heavy (non-hydrogen) atoms. The van der Waals surface area contributed by atoms with Crippen LogP contribution < -0.4 is 14.5 Å². The molecule has 1 aliphatic rings. The van der Waals surface area contributed by atoms with Gasteiger partial charge in [-0.3, -0.25) is 4.79 Å². The summed E-state index contributed by atoms with van der Waals surface area (Å²) in [5.74, 6) is 1.09. The maximum Gasteiger partial charge on any atom is 0.281 e. The molecule has 1 aliphatic heterocycles. The topological polar surface area (TPSA) is 51.1 Å². The van der Waals surface area contributed by atoms with Crippen LogP contribution >= 0.6 is 15.9 Å². The number of amides is 1. The van der Waals surface area contributed by atoms with E-state index in [4.69, 9.17) is 9.47 Å². The molecule has 0 aromatic heterocycles. The number of hydrogen-bond donors (Lipinski definition) is 0. The number of halogens is 1. The van der Waals surface area contributed by atoms with Crippen LogP contribution in [0.25, 0.3) is 6.08 Å². The van der Waals surface area contributed by atoms with Gasteiger partial charge in [-0.2, -0.15) is 10.1 Å². The number of ether oxygens (including phenoxy) is 2. The number of carbonyl (C=O) groups is 1. The zero-order chi connectivity index (χ0) is 22.5. The Bertz CT molecular complexity index is 1170. The fourth-order valence-corrected chi connectivity index (χ4v) is 4.06. The summed E-state index contributed by atoms with van der Waals surface area (Å²) < 4.78 is 12.3. The van der Waals surface area contributed by atoms with Crippen LogP contribution in [0.1, 0.15) is 25.0 Å². The molecule has 0 unspecified atom stereocenters. The van der Waals surface area contributed by atoms with Crippen LogP contribution in [0.15, 0.2) is 87.9 Å². The molecule has 1 amide bonds. The molecular weight excluding hydrogens is 468 g/mol. The van der Waals surface area contributed by atoms with Crippen molar-refractivity contribution in [2.75, 3.05) is 18.2 Å². The molecule has 6 heteroatoms. The molecule has 0 radical (unpaired) electrons. The van der Waals surface area contributed by atoms with Crippen molar-refractivity contribution in [1.82, 2.24) is 0 Å².